The standard InChI is InChI=1S/C18H23NOS/c1-18(2,3)15-6-4-13(5-7-15)16-12-21-17(19-16)14-8-10-20-11-9-14/h4-7,12,14H,8-11H2,1-3H3. The number of hydrogen-bond donors (Lipinski definition) is 0. The molecule has 1 aliphatic rings. The SMILES string of the molecule is CC(C)(C)c1ccc(-c2csc(C3CCOCC3)n2)cc1. The number of hydrogen-bond acceptors (Lipinski definition) is 3. The first kappa shape index (κ1) is 14.7. The summed E-state index contributed by atoms with van der Waals surface area (Å²) in [4.78, 5) is 4.86. The Balaban J connectivity index is 1.79. The minimum Gasteiger partial charge on any atom is -0.381 e. The third-order valence-corrected chi connectivity index (χ3v) is 5.15. The summed E-state index contributed by atoms with van der Waals surface area (Å²) >= 11 is 1.79. The Kier molecular flexibility index (Phi) is 4.14. The summed E-state index contributed by atoms with van der Waals surface area (Å²) in [5.74, 6) is 0.589. The molecule has 1 aromatic carbocycles. The van der Waals surface area contributed by atoms with E-state index < -0.39 is 0 Å². The number of nitrogens with zero attached hydrogens (tertiary/aromatic N) is 1. The van der Waals surface area contributed by atoms with Crippen LogP contribution in [-0.4, -0.2) is 18.2 Å². The molecule has 2 heterocycles. The molecule has 0 spiro atoms. The van der Waals surface area contributed by atoms with E-state index in [9.17, 15) is 0 Å². The molecule has 0 unspecified atom stereocenters. The monoisotopic (exact) mass is 301 g/mol. The van der Waals surface area contributed by atoms with Crippen molar-refractivity contribution >= 4 is 11.3 Å². The molecule has 1 saturated heterocycles. The molecule has 1 aliphatic heterocycles. The number of ether oxygens (including phenoxy) is 1. The van der Waals surface area contributed by atoms with Gasteiger partial charge in [-0.25, -0.2) is 4.98 Å². The molecule has 2 nitrogen and oxygen atoms in total. The average Bonchev–Trinajstić information content (AvgIpc) is 2.97. The molecule has 0 saturated carbocycles. The normalized spacial score (nSPS) is 17.1. The van der Waals surface area contributed by atoms with E-state index >= 15 is 0 Å². The number of rotatable bonds is 2. The average molecular weight is 301 g/mol. The summed E-state index contributed by atoms with van der Waals surface area (Å²) in [5.41, 5.74) is 3.90. The maximum Gasteiger partial charge on any atom is 0.0965 e. The maximum absolute atomic E-state index is 5.43. The quantitative estimate of drug-likeness (QED) is 0.778. The molecule has 0 atom stereocenters. The van der Waals surface area contributed by atoms with Gasteiger partial charge in [0.15, 0.2) is 0 Å². The van der Waals surface area contributed by atoms with E-state index in [4.69, 9.17) is 9.72 Å². The van der Waals surface area contributed by atoms with Crippen LogP contribution in [0.4, 0.5) is 0 Å². The van der Waals surface area contributed by atoms with Crippen molar-refractivity contribution in [3.05, 3.63) is 40.2 Å². The summed E-state index contributed by atoms with van der Waals surface area (Å²) in [6.07, 6.45) is 2.21. The fourth-order valence-electron chi connectivity index (χ4n) is 2.69. The van der Waals surface area contributed by atoms with Gasteiger partial charge in [-0.2, -0.15) is 0 Å². The summed E-state index contributed by atoms with van der Waals surface area (Å²) in [5, 5.41) is 3.46. The van der Waals surface area contributed by atoms with E-state index in [1.807, 2.05) is 0 Å². The van der Waals surface area contributed by atoms with Crippen molar-refractivity contribution in [2.75, 3.05) is 13.2 Å². The Hall–Kier alpha value is -1.19. The van der Waals surface area contributed by atoms with Crippen LogP contribution in [0.5, 0.6) is 0 Å². The van der Waals surface area contributed by atoms with E-state index in [0.717, 1.165) is 31.7 Å². The van der Waals surface area contributed by atoms with Crippen LogP contribution in [0.2, 0.25) is 0 Å². The highest BCUT2D eigenvalue weighted by molar-refractivity contribution is 7.10. The first-order valence-electron chi connectivity index (χ1n) is 7.68. The van der Waals surface area contributed by atoms with Crippen LogP contribution >= 0.6 is 11.3 Å². The molecular weight excluding hydrogens is 278 g/mol. The van der Waals surface area contributed by atoms with Crippen LogP contribution in [0.25, 0.3) is 11.3 Å². The first-order chi connectivity index (χ1) is 10.0. The zero-order valence-corrected chi connectivity index (χ0v) is 13.9. The molecule has 3 heteroatoms. The number of benzene rings is 1. The van der Waals surface area contributed by atoms with Gasteiger partial charge in [0, 0.05) is 30.1 Å². The highest BCUT2D eigenvalue weighted by Gasteiger charge is 2.19. The fraction of sp³-hybridized carbons (Fsp3) is 0.500. The molecular formula is C18H23NOS. The van der Waals surface area contributed by atoms with Crippen LogP contribution in [0.15, 0.2) is 29.6 Å². The zero-order chi connectivity index (χ0) is 14.9. The zero-order valence-electron chi connectivity index (χ0n) is 13.1. The predicted molar refractivity (Wildman–Crippen MR) is 89.0 cm³/mol. The molecule has 0 amide bonds. The van der Waals surface area contributed by atoms with E-state index in [0.29, 0.717) is 5.92 Å². The molecule has 0 radical (unpaired) electrons. The van der Waals surface area contributed by atoms with E-state index in [-0.39, 0.29) is 5.41 Å². The van der Waals surface area contributed by atoms with Crippen molar-refractivity contribution in [3.8, 4) is 11.3 Å². The third-order valence-electron chi connectivity index (χ3n) is 4.14. The highest BCUT2D eigenvalue weighted by atomic mass is 32.1. The molecule has 1 aromatic heterocycles. The van der Waals surface area contributed by atoms with Gasteiger partial charge in [-0.1, -0.05) is 45.0 Å². The molecule has 2 aromatic rings. The molecule has 112 valence electrons. The fourth-order valence-corrected chi connectivity index (χ4v) is 3.69. The van der Waals surface area contributed by atoms with Gasteiger partial charge in [0.05, 0.1) is 10.7 Å². The molecule has 0 N–H and O–H groups in total. The van der Waals surface area contributed by atoms with Crippen molar-refractivity contribution in [2.24, 2.45) is 0 Å². The maximum atomic E-state index is 5.43. The van der Waals surface area contributed by atoms with Gasteiger partial charge in [-0.15, -0.1) is 11.3 Å². The smallest absolute Gasteiger partial charge is 0.0965 e. The van der Waals surface area contributed by atoms with Crippen LogP contribution in [0.3, 0.4) is 0 Å². The second kappa shape index (κ2) is 5.90. The van der Waals surface area contributed by atoms with Crippen molar-refractivity contribution in [1.29, 1.82) is 0 Å². The van der Waals surface area contributed by atoms with Crippen molar-refractivity contribution in [3.63, 3.8) is 0 Å². The number of aromatic nitrogens is 1. The summed E-state index contributed by atoms with van der Waals surface area (Å²) in [6.45, 7) is 8.48. The first-order valence-corrected chi connectivity index (χ1v) is 8.56. The van der Waals surface area contributed by atoms with Crippen LogP contribution in [-0.2, 0) is 10.2 Å². The van der Waals surface area contributed by atoms with Gasteiger partial charge in [-0.05, 0) is 23.8 Å². The lowest BCUT2D eigenvalue weighted by Gasteiger charge is -2.19. The summed E-state index contributed by atoms with van der Waals surface area (Å²) in [7, 11) is 0. The van der Waals surface area contributed by atoms with Crippen LogP contribution in [0.1, 0.15) is 50.1 Å². The summed E-state index contributed by atoms with van der Waals surface area (Å²) < 4.78 is 5.43. The lowest BCUT2D eigenvalue weighted by atomic mass is 9.86. The molecule has 0 bridgehead atoms. The highest BCUT2D eigenvalue weighted by Crippen LogP contribution is 2.33. The second-order valence-corrected chi connectivity index (χ2v) is 7.67. The lowest BCUT2D eigenvalue weighted by molar-refractivity contribution is 0.0853. The van der Waals surface area contributed by atoms with Crippen molar-refractivity contribution < 1.29 is 4.74 Å². The van der Waals surface area contributed by atoms with Crippen molar-refractivity contribution in [2.45, 2.75) is 44.9 Å². The predicted octanol–water partition coefficient (Wildman–Crippen LogP) is 5.00. The minimum absolute atomic E-state index is 0.202. The number of thiazole rings is 1. The van der Waals surface area contributed by atoms with E-state index in [2.05, 4.69) is 50.4 Å². The Bertz CT molecular complexity index is 588. The van der Waals surface area contributed by atoms with Gasteiger partial charge in [0.1, 0.15) is 0 Å². The van der Waals surface area contributed by atoms with Gasteiger partial charge < -0.3 is 4.74 Å². The minimum atomic E-state index is 0.202. The van der Waals surface area contributed by atoms with Gasteiger partial charge in [0.2, 0.25) is 0 Å². The van der Waals surface area contributed by atoms with Gasteiger partial charge in [-0.3, -0.25) is 0 Å². The third kappa shape index (κ3) is 3.35. The van der Waals surface area contributed by atoms with Gasteiger partial charge in [0.25, 0.3) is 0 Å². The van der Waals surface area contributed by atoms with Crippen molar-refractivity contribution in [1.82, 2.24) is 4.98 Å². The second-order valence-electron chi connectivity index (χ2n) is 6.78. The Morgan fingerprint density at radius 2 is 1.76 bits per heavy atom. The molecule has 3 rings (SSSR count). The van der Waals surface area contributed by atoms with Crippen LogP contribution < -0.4 is 0 Å². The topological polar surface area (TPSA) is 22.1 Å². The molecule has 1 fully saturated rings. The lowest BCUT2D eigenvalue weighted by Crippen LogP contribution is -2.13. The Labute approximate surface area is 131 Å². The largest absolute Gasteiger partial charge is 0.381 e. The van der Waals surface area contributed by atoms with E-state index in [1.54, 1.807) is 11.3 Å². The van der Waals surface area contributed by atoms with Gasteiger partial charge >= 0.3 is 0 Å². The molecule has 21 heavy (non-hydrogen) atoms. The molecule has 0 aliphatic carbocycles. The van der Waals surface area contributed by atoms with Crippen LogP contribution in [0, 0.1) is 0 Å². The summed E-state index contributed by atoms with van der Waals surface area (Å²) in [6, 6.07) is 8.85. The Morgan fingerprint density at radius 1 is 1.10 bits per heavy atom. The van der Waals surface area contributed by atoms with E-state index in [1.165, 1.54) is 16.1 Å². The Morgan fingerprint density at radius 3 is 2.38 bits per heavy atom.